The third-order valence-electron chi connectivity index (χ3n) is 6.35. The van der Waals surface area contributed by atoms with Crippen LogP contribution in [-0.4, -0.2) is 50.8 Å². The Morgan fingerprint density at radius 3 is 2.58 bits per heavy atom. The summed E-state index contributed by atoms with van der Waals surface area (Å²) in [4.78, 5) is 32.3. The first-order chi connectivity index (χ1) is 15.0. The highest BCUT2D eigenvalue weighted by molar-refractivity contribution is 5.92. The molecule has 8 heteroatoms. The minimum atomic E-state index is -0.329. The Kier molecular flexibility index (Phi) is 4.57. The maximum Gasteiger partial charge on any atom is 0.280 e. The first kappa shape index (κ1) is 19.4. The van der Waals surface area contributed by atoms with Crippen LogP contribution in [0.25, 0.3) is 11.3 Å². The fourth-order valence-electron chi connectivity index (χ4n) is 4.64. The van der Waals surface area contributed by atoms with Crippen LogP contribution in [0.1, 0.15) is 34.8 Å². The van der Waals surface area contributed by atoms with E-state index in [4.69, 9.17) is 4.74 Å². The molecule has 5 rings (SSSR count). The molecule has 1 atom stereocenters. The lowest BCUT2D eigenvalue weighted by atomic mass is 9.85. The summed E-state index contributed by atoms with van der Waals surface area (Å²) in [5, 5.41) is 8.78. The topological polar surface area (TPSA) is 90.2 Å². The Morgan fingerprint density at radius 2 is 1.84 bits per heavy atom. The van der Waals surface area contributed by atoms with E-state index in [9.17, 15) is 9.59 Å². The van der Waals surface area contributed by atoms with Crippen LogP contribution in [0, 0.1) is 6.92 Å². The number of amides is 1. The monoisotopic (exact) mass is 417 g/mol. The lowest BCUT2D eigenvalue weighted by molar-refractivity contribution is 0.0777. The second-order valence-corrected chi connectivity index (χ2v) is 8.23. The lowest BCUT2D eigenvalue weighted by Crippen LogP contribution is -2.35. The summed E-state index contributed by atoms with van der Waals surface area (Å²) in [5.74, 6) is 1.32. The number of aryl methyl sites for hydroxylation is 1. The zero-order chi connectivity index (χ0) is 21.6. The Morgan fingerprint density at radius 1 is 1.06 bits per heavy atom. The fourth-order valence-corrected chi connectivity index (χ4v) is 4.64. The van der Waals surface area contributed by atoms with E-state index in [1.165, 1.54) is 0 Å². The zero-order valence-corrected chi connectivity index (χ0v) is 17.5. The molecule has 2 aromatic heterocycles. The smallest absolute Gasteiger partial charge is 0.280 e. The second-order valence-electron chi connectivity index (χ2n) is 8.23. The van der Waals surface area contributed by atoms with Gasteiger partial charge in [-0.05, 0) is 56.2 Å². The maximum absolute atomic E-state index is 13.2. The molecule has 2 aliphatic rings. The van der Waals surface area contributed by atoms with Crippen molar-refractivity contribution in [3.63, 3.8) is 0 Å². The van der Waals surface area contributed by atoms with Crippen molar-refractivity contribution in [2.75, 3.05) is 20.2 Å². The average Bonchev–Trinajstić information content (AvgIpc) is 3.39. The molecule has 0 saturated carbocycles. The van der Waals surface area contributed by atoms with Crippen molar-refractivity contribution in [3.05, 3.63) is 70.0 Å². The normalized spacial score (nSPS) is 19.6. The Balaban J connectivity index is 1.44. The van der Waals surface area contributed by atoms with Crippen LogP contribution in [0.15, 0.2) is 47.3 Å². The molecule has 0 aliphatic carbocycles. The molecule has 0 N–H and O–H groups in total. The van der Waals surface area contributed by atoms with Gasteiger partial charge in [0.15, 0.2) is 5.69 Å². The van der Waals surface area contributed by atoms with E-state index in [2.05, 4.69) is 15.2 Å². The molecule has 1 saturated heterocycles. The van der Waals surface area contributed by atoms with Gasteiger partial charge in [-0.1, -0.05) is 6.07 Å². The van der Waals surface area contributed by atoms with Crippen molar-refractivity contribution in [1.82, 2.24) is 24.6 Å². The number of hydrogen-bond donors (Lipinski definition) is 0. The van der Waals surface area contributed by atoms with E-state index in [0.29, 0.717) is 42.4 Å². The number of likely N-dealkylation sites (tertiary alicyclic amines) is 1. The Labute approximate surface area is 179 Å². The molecule has 1 aromatic carbocycles. The quantitative estimate of drug-likeness (QED) is 0.649. The van der Waals surface area contributed by atoms with Crippen molar-refractivity contribution < 1.29 is 9.53 Å². The molecule has 8 nitrogen and oxygen atoms in total. The van der Waals surface area contributed by atoms with Gasteiger partial charge in [-0.25, -0.2) is 4.98 Å². The summed E-state index contributed by atoms with van der Waals surface area (Å²) in [6.45, 7) is 3.59. The number of rotatable bonds is 3. The molecule has 3 aromatic rings. The van der Waals surface area contributed by atoms with Crippen LogP contribution >= 0.6 is 0 Å². The molecular weight excluding hydrogens is 394 g/mol. The van der Waals surface area contributed by atoms with Crippen LogP contribution in [-0.2, 0) is 12.0 Å². The number of carbonyl (C=O) groups excluding carboxylic acids is 1. The van der Waals surface area contributed by atoms with Crippen molar-refractivity contribution in [2.45, 2.75) is 31.7 Å². The van der Waals surface area contributed by atoms with E-state index in [1.807, 2.05) is 36.1 Å². The van der Waals surface area contributed by atoms with Crippen LogP contribution in [0.5, 0.6) is 5.75 Å². The summed E-state index contributed by atoms with van der Waals surface area (Å²) in [6.07, 6.45) is 1.54. The summed E-state index contributed by atoms with van der Waals surface area (Å²) >= 11 is 0. The third kappa shape index (κ3) is 3.19. The van der Waals surface area contributed by atoms with E-state index in [0.717, 1.165) is 24.3 Å². The summed E-state index contributed by atoms with van der Waals surface area (Å²) < 4.78 is 6.91. The van der Waals surface area contributed by atoms with Crippen molar-refractivity contribution in [3.8, 4) is 17.0 Å². The number of benzene rings is 1. The molecule has 1 unspecified atom stereocenters. The van der Waals surface area contributed by atoms with Crippen molar-refractivity contribution >= 4 is 5.91 Å². The number of methoxy groups -OCH3 is 1. The largest absolute Gasteiger partial charge is 0.497 e. The van der Waals surface area contributed by atoms with Gasteiger partial charge < -0.3 is 9.64 Å². The SMILES string of the molecule is COc1ccc(-c2nnc3n(c2=O)CCC32CCN(C(=O)c3cccc(C)n3)C2)cc1. The van der Waals surface area contributed by atoms with Gasteiger partial charge in [0.1, 0.15) is 17.3 Å². The molecule has 31 heavy (non-hydrogen) atoms. The molecule has 1 fully saturated rings. The number of fused-ring (bicyclic) bond motifs is 2. The van der Waals surface area contributed by atoms with Gasteiger partial charge in [0.05, 0.1) is 12.5 Å². The van der Waals surface area contributed by atoms with Crippen molar-refractivity contribution in [2.24, 2.45) is 0 Å². The molecule has 0 radical (unpaired) electrons. The summed E-state index contributed by atoms with van der Waals surface area (Å²) in [6, 6.07) is 12.7. The predicted molar refractivity (Wildman–Crippen MR) is 114 cm³/mol. The van der Waals surface area contributed by atoms with Gasteiger partial charge in [0.2, 0.25) is 0 Å². The van der Waals surface area contributed by atoms with E-state index in [1.54, 1.807) is 29.9 Å². The lowest BCUT2D eigenvalue weighted by Gasteiger charge is -2.23. The number of hydrogen-bond acceptors (Lipinski definition) is 6. The minimum Gasteiger partial charge on any atom is -0.497 e. The fraction of sp³-hybridized carbons (Fsp3) is 0.348. The third-order valence-corrected chi connectivity index (χ3v) is 6.35. The van der Waals surface area contributed by atoms with E-state index in [-0.39, 0.29) is 16.9 Å². The molecule has 158 valence electrons. The predicted octanol–water partition coefficient (Wildman–Crippen LogP) is 2.20. The molecule has 0 bridgehead atoms. The van der Waals surface area contributed by atoms with E-state index >= 15 is 0 Å². The van der Waals surface area contributed by atoms with Gasteiger partial charge in [0, 0.05) is 30.9 Å². The van der Waals surface area contributed by atoms with Gasteiger partial charge >= 0.3 is 0 Å². The molecule has 2 aliphatic heterocycles. The first-order valence-electron chi connectivity index (χ1n) is 10.4. The van der Waals surface area contributed by atoms with Crippen molar-refractivity contribution in [1.29, 1.82) is 0 Å². The highest BCUT2D eigenvalue weighted by atomic mass is 16.5. The minimum absolute atomic E-state index is 0.0795. The van der Waals surface area contributed by atoms with Gasteiger partial charge in [-0.15, -0.1) is 10.2 Å². The van der Waals surface area contributed by atoms with E-state index < -0.39 is 0 Å². The van der Waals surface area contributed by atoms with Crippen LogP contribution in [0.4, 0.5) is 0 Å². The number of ether oxygens (including phenoxy) is 1. The van der Waals surface area contributed by atoms with Crippen LogP contribution in [0.2, 0.25) is 0 Å². The molecule has 4 heterocycles. The number of carbonyl (C=O) groups is 1. The Bertz CT molecular complexity index is 1220. The zero-order valence-electron chi connectivity index (χ0n) is 17.5. The molecule has 1 amide bonds. The first-order valence-corrected chi connectivity index (χ1v) is 10.4. The van der Waals surface area contributed by atoms with Crippen LogP contribution in [0.3, 0.4) is 0 Å². The summed E-state index contributed by atoms with van der Waals surface area (Å²) in [5.41, 5.74) is 1.84. The molecular formula is C23H23N5O3. The summed E-state index contributed by atoms with van der Waals surface area (Å²) in [7, 11) is 1.60. The number of nitrogens with zero attached hydrogens (tertiary/aromatic N) is 5. The van der Waals surface area contributed by atoms with Gasteiger partial charge in [-0.3, -0.25) is 14.2 Å². The highest BCUT2D eigenvalue weighted by Gasteiger charge is 2.48. The van der Waals surface area contributed by atoms with Gasteiger partial charge in [0.25, 0.3) is 11.5 Å². The average molecular weight is 417 g/mol. The van der Waals surface area contributed by atoms with Crippen LogP contribution < -0.4 is 10.3 Å². The van der Waals surface area contributed by atoms with Gasteiger partial charge in [-0.2, -0.15) is 0 Å². The second kappa shape index (κ2) is 7.30. The molecule has 1 spiro atoms. The highest BCUT2D eigenvalue weighted by Crippen LogP contribution is 2.41. The number of aromatic nitrogens is 4. The standard InChI is InChI=1S/C23H23N5O3/c1-15-4-3-5-18(24-15)20(29)27-12-10-23(14-27)11-13-28-21(30)19(25-26-22(23)28)16-6-8-17(31-2)9-7-16/h3-9H,10-14H2,1-2H3. The Hall–Kier alpha value is -3.55. The maximum atomic E-state index is 13.2. The number of pyridine rings is 1.